The number of benzene rings is 2. The first kappa shape index (κ1) is 19.0. The summed E-state index contributed by atoms with van der Waals surface area (Å²) in [5.74, 6) is -11.1. The molecule has 3 amide bonds. The van der Waals surface area contributed by atoms with Crippen molar-refractivity contribution in [2.24, 2.45) is 0 Å². The molecule has 2 aromatic carbocycles. The first-order chi connectivity index (χ1) is 13.6. The van der Waals surface area contributed by atoms with E-state index in [-0.39, 0.29) is 12.4 Å². The number of nitrogens with one attached hydrogen (secondary N) is 1. The van der Waals surface area contributed by atoms with E-state index in [9.17, 15) is 31.5 Å². The Morgan fingerprint density at radius 1 is 0.966 bits per heavy atom. The molecule has 2 aromatic rings. The number of rotatable bonds is 3. The first-order valence-corrected chi connectivity index (χ1v) is 8.19. The maximum atomic E-state index is 14.0. The number of imide groups is 1. The fourth-order valence-corrected chi connectivity index (χ4v) is 3.19. The Hall–Kier alpha value is -3.37. The SMILES string of the molecule is CC1(c2ccc3c(c2)OCO3)NC(=O)N(Cc2c(F)c(F)c(F)c(F)c2F)C1=O. The Morgan fingerprint density at radius 3 is 2.21 bits per heavy atom. The van der Waals surface area contributed by atoms with Gasteiger partial charge >= 0.3 is 6.03 Å². The number of carbonyl (C=O) groups excluding carboxylic acids is 2. The van der Waals surface area contributed by atoms with Gasteiger partial charge < -0.3 is 14.8 Å². The summed E-state index contributed by atoms with van der Waals surface area (Å²) in [4.78, 5) is 25.5. The second-order valence-electron chi connectivity index (χ2n) is 6.56. The van der Waals surface area contributed by atoms with Crippen LogP contribution in [0.15, 0.2) is 18.2 Å². The van der Waals surface area contributed by atoms with Crippen molar-refractivity contribution < 1.29 is 41.0 Å². The Bertz CT molecular complexity index is 1050. The molecular formula is C18H11F5N2O4. The highest BCUT2D eigenvalue weighted by atomic mass is 19.2. The molecule has 0 radical (unpaired) electrons. The maximum absolute atomic E-state index is 14.0. The van der Waals surface area contributed by atoms with Crippen LogP contribution in [0.1, 0.15) is 18.1 Å². The molecule has 0 saturated carbocycles. The van der Waals surface area contributed by atoms with E-state index in [1.54, 1.807) is 0 Å². The van der Waals surface area contributed by atoms with Crippen LogP contribution in [0.25, 0.3) is 0 Å². The lowest BCUT2D eigenvalue weighted by Crippen LogP contribution is -2.40. The maximum Gasteiger partial charge on any atom is 0.325 e. The molecule has 29 heavy (non-hydrogen) atoms. The fourth-order valence-electron chi connectivity index (χ4n) is 3.19. The quantitative estimate of drug-likeness (QED) is 0.363. The minimum atomic E-state index is -2.33. The molecule has 0 bridgehead atoms. The zero-order valence-electron chi connectivity index (χ0n) is 14.6. The van der Waals surface area contributed by atoms with Gasteiger partial charge in [0.2, 0.25) is 12.6 Å². The molecule has 11 heteroatoms. The number of fused-ring (bicyclic) bond motifs is 1. The number of halogens is 5. The topological polar surface area (TPSA) is 67.9 Å². The number of ether oxygens (including phenoxy) is 2. The lowest BCUT2D eigenvalue weighted by molar-refractivity contribution is -0.131. The number of hydrogen-bond donors (Lipinski definition) is 1. The van der Waals surface area contributed by atoms with Crippen molar-refractivity contribution in [3.63, 3.8) is 0 Å². The van der Waals surface area contributed by atoms with Crippen molar-refractivity contribution in [1.29, 1.82) is 0 Å². The minimum absolute atomic E-state index is 0.0256. The normalized spacial score (nSPS) is 20.4. The summed E-state index contributed by atoms with van der Waals surface area (Å²) in [7, 11) is 0. The highest BCUT2D eigenvalue weighted by Gasteiger charge is 2.50. The lowest BCUT2D eigenvalue weighted by atomic mass is 9.91. The summed E-state index contributed by atoms with van der Waals surface area (Å²) in [5, 5.41) is 2.37. The third-order valence-electron chi connectivity index (χ3n) is 4.84. The second kappa shape index (κ2) is 6.33. The van der Waals surface area contributed by atoms with Crippen LogP contribution in [-0.2, 0) is 16.9 Å². The Morgan fingerprint density at radius 2 is 1.55 bits per heavy atom. The van der Waals surface area contributed by atoms with Crippen molar-refractivity contribution in [2.45, 2.75) is 19.0 Å². The van der Waals surface area contributed by atoms with E-state index in [0.717, 1.165) is 0 Å². The standard InChI is InChI=1S/C18H11F5N2O4/c1-18(7-2-3-9-10(4-7)29-6-28-9)16(26)25(17(27)24-18)5-8-11(19)13(21)15(23)14(22)12(8)20/h2-4H,5-6H2,1H3,(H,24,27). The van der Waals surface area contributed by atoms with E-state index in [1.807, 2.05) is 0 Å². The van der Waals surface area contributed by atoms with E-state index in [4.69, 9.17) is 9.47 Å². The highest BCUT2D eigenvalue weighted by molar-refractivity contribution is 6.07. The van der Waals surface area contributed by atoms with Gasteiger partial charge in [0.1, 0.15) is 5.54 Å². The van der Waals surface area contributed by atoms with Crippen LogP contribution in [0.3, 0.4) is 0 Å². The molecule has 2 heterocycles. The number of carbonyl (C=O) groups is 2. The van der Waals surface area contributed by atoms with E-state index < -0.39 is 58.7 Å². The smallest absolute Gasteiger partial charge is 0.325 e. The molecule has 152 valence electrons. The van der Waals surface area contributed by atoms with Crippen LogP contribution >= 0.6 is 0 Å². The van der Waals surface area contributed by atoms with Crippen LogP contribution in [-0.4, -0.2) is 23.6 Å². The van der Waals surface area contributed by atoms with Gasteiger partial charge in [0.05, 0.1) is 6.54 Å². The number of nitrogens with zero attached hydrogens (tertiary/aromatic N) is 1. The van der Waals surface area contributed by atoms with Crippen molar-refractivity contribution >= 4 is 11.9 Å². The Labute approximate surface area is 159 Å². The Balaban J connectivity index is 1.70. The van der Waals surface area contributed by atoms with Gasteiger partial charge in [-0.3, -0.25) is 9.69 Å². The molecule has 2 aliphatic rings. The van der Waals surface area contributed by atoms with Gasteiger partial charge in [-0.25, -0.2) is 26.7 Å². The summed E-state index contributed by atoms with van der Waals surface area (Å²) in [6.07, 6.45) is 0. The fraction of sp³-hybridized carbons (Fsp3) is 0.222. The highest BCUT2D eigenvalue weighted by Crippen LogP contribution is 2.38. The molecule has 0 aromatic heterocycles. The van der Waals surface area contributed by atoms with Crippen molar-refractivity contribution in [3.8, 4) is 11.5 Å². The van der Waals surface area contributed by atoms with Gasteiger partial charge in [-0.05, 0) is 24.6 Å². The first-order valence-electron chi connectivity index (χ1n) is 8.19. The predicted octanol–water partition coefficient (Wildman–Crippen LogP) is 3.08. The van der Waals surface area contributed by atoms with E-state index in [2.05, 4.69) is 5.32 Å². The van der Waals surface area contributed by atoms with Crippen LogP contribution in [0.5, 0.6) is 11.5 Å². The molecule has 2 aliphatic heterocycles. The molecule has 1 fully saturated rings. The summed E-state index contributed by atoms with van der Waals surface area (Å²) < 4.78 is 78.4. The van der Waals surface area contributed by atoms with Crippen molar-refractivity contribution in [3.05, 3.63) is 58.4 Å². The van der Waals surface area contributed by atoms with Crippen LogP contribution < -0.4 is 14.8 Å². The largest absolute Gasteiger partial charge is 0.454 e. The number of hydrogen-bond acceptors (Lipinski definition) is 4. The molecule has 4 rings (SSSR count). The molecule has 0 aliphatic carbocycles. The predicted molar refractivity (Wildman–Crippen MR) is 85.2 cm³/mol. The summed E-state index contributed by atoms with van der Waals surface area (Å²) >= 11 is 0. The third kappa shape index (κ3) is 2.68. The van der Waals surface area contributed by atoms with Crippen LogP contribution in [0.2, 0.25) is 0 Å². The second-order valence-corrected chi connectivity index (χ2v) is 6.56. The average molecular weight is 414 g/mol. The summed E-state index contributed by atoms with van der Waals surface area (Å²) in [6.45, 7) is 0.169. The number of amides is 3. The summed E-state index contributed by atoms with van der Waals surface area (Å²) in [5.41, 5.74) is -2.66. The third-order valence-corrected chi connectivity index (χ3v) is 4.84. The molecule has 1 saturated heterocycles. The average Bonchev–Trinajstić information content (AvgIpc) is 3.25. The number of urea groups is 1. The van der Waals surface area contributed by atoms with Crippen LogP contribution in [0.4, 0.5) is 26.7 Å². The molecule has 1 N–H and O–H groups in total. The van der Waals surface area contributed by atoms with Gasteiger partial charge in [-0.2, -0.15) is 0 Å². The zero-order chi connectivity index (χ0) is 21.1. The van der Waals surface area contributed by atoms with E-state index in [1.165, 1.54) is 25.1 Å². The van der Waals surface area contributed by atoms with Gasteiger partial charge in [0.15, 0.2) is 34.8 Å². The molecule has 6 nitrogen and oxygen atoms in total. The van der Waals surface area contributed by atoms with Gasteiger partial charge in [0, 0.05) is 5.56 Å². The minimum Gasteiger partial charge on any atom is -0.454 e. The van der Waals surface area contributed by atoms with E-state index >= 15 is 0 Å². The molecular weight excluding hydrogens is 403 g/mol. The Kier molecular flexibility index (Phi) is 4.14. The lowest BCUT2D eigenvalue weighted by Gasteiger charge is -2.22. The monoisotopic (exact) mass is 414 g/mol. The van der Waals surface area contributed by atoms with Crippen LogP contribution in [0, 0.1) is 29.1 Å². The van der Waals surface area contributed by atoms with Gasteiger partial charge in [0.25, 0.3) is 5.91 Å². The molecule has 1 unspecified atom stereocenters. The van der Waals surface area contributed by atoms with Crippen molar-refractivity contribution in [2.75, 3.05) is 6.79 Å². The molecule has 0 spiro atoms. The van der Waals surface area contributed by atoms with Crippen molar-refractivity contribution in [1.82, 2.24) is 10.2 Å². The van der Waals surface area contributed by atoms with Gasteiger partial charge in [-0.1, -0.05) is 6.07 Å². The van der Waals surface area contributed by atoms with E-state index in [0.29, 0.717) is 16.4 Å². The summed E-state index contributed by atoms with van der Waals surface area (Å²) in [6, 6.07) is 3.38. The molecule has 1 atom stereocenters. The van der Waals surface area contributed by atoms with Gasteiger partial charge in [-0.15, -0.1) is 0 Å². The zero-order valence-corrected chi connectivity index (χ0v) is 14.6.